The number of hydrogen-bond donors (Lipinski definition) is 3. The van der Waals surface area contributed by atoms with Gasteiger partial charge in [-0.3, -0.25) is 9.88 Å². The lowest BCUT2D eigenvalue weighted by molar-refractivity contribution is 0.150. The number of piperidine rings is 1. The largest absolute Gasteiger partial charge is 0.494 e. The molecule has 0 aliphatic carbocycles. The van der Waals surface area contributed by atoms with Gasteiger partial charge in [0.25, 0.3) is 0 Å². The van der Waals surface area contributed by atoms with Gasteiger partial charge >= 0.3 is 0 Å². The highest BCUT2D eigenvalue weighted by Gasteiger charge is 2.27. The Morgan fingerprint density at radius 3 is 2.50 bits per heavy atom. The summed E-state index contributed by atoms with van der Waals surface area (Å²) >= 11 is 3.55. The average Bonchev–Trinajstić information content (AvgIpc) is 3.05. The predicted octanol–water partition coefficient (Wildman–Crippen LogP) is 6.11. The molecule has 10 nitrogen and oxygen atoms in total. The number of methoxy groups -OCH3 is 1. The van der Waals surface area contributed by atoms with Crippen molar-refractivity contribution < 1.29 is 13.7 Å². The van der Waals surface area contributed by atoms with Gasteiger partial charge in [0.2, 0.25) is 5.95 Å². The maximum Gasteiger partial charge on any atom is 0.229 e. The van der Waals surface area contributed by atoms with Crippen molar-refractivity contribution in [1.29, 1.82) is 0 Å². The van der Waals surface area contributed by atoms with Crippen LogP contribution in [-0.4, -0.2) is 85.6 Å². The molecule has 0 radical (unpaired) electrons. The summed E-state index contributed by atoms with van der Waals surface area (Å²) in [6.45, 7) is 12.0. The monoisotopic (exact) mass is 710 g/mol. The van der Waals surface area contributed by atoms with Crippen LogP contribution in [0.3, 0.4) is 0 Å². The summed E-state index contributed by atoms with van der Waals surface area (Å²) in [4.78, 5) is 18.6. The highest BCUT2D eigenvalue weighted by atomic mass is 79.9. The summed E-state index contributed by atoms with van der Waals surface area (Å²) in [5, 5.41) is 11.1. The molecule has 4 aromatic rings. The van der Waals surface area contributed by atoms with Crippen LogP contribution in [-0.2, 0) is 11.0 Å². The fourth-order valence-corrected chi connectivity index (χ4v) is 8.34. The molecule has 46 heavy (non-hydrogen) atoms. The summed E-state index contributed by atoms with van der Waals surface area (Å²) in [5.74, 6) is 1.05. The van der Waals surface area contributed by atoms with Crippen LogP contribution in [0.25, 0.3) is 10.9 Å². The predicted molar refractivity (Wildman–Crippen MR) is 189 cm³/mol. The Labute approximate surface area is 278 Å². The number of hydrogen-bond acceptors (Lipinski definition) is 10. The van der Waals surface area contributed by atoms with Crippen molar-refractivity contribution in [3.8, 4) is 5.75 Å². The molecule has 4 heterocycles. The molecule has 13 heteroatoms. The lowest BCUT2D eigenvalue weighted by Crippen LogP contribution is -2.52. The molecule has 2 saturated heterocycles. The van der Waals surface area contributed by atoms with Gasteiger partial charge in [0, 0.05) is 74.0 Å². The molecule has 6 rings (SSSR count). The molecule has 2 aliphatic heterocycles. The summed E-state index contributed by atoms with van der Waals surface area (Å²) in [6.07, 6.45) is 6.00. The molecule has 244 valence electrons. The molecular formula is C33H41BrFN8O2P. The smallest absolute Gasteiger partial charge is 0.229 e. The Balaban J connectivity index is 1.25. The zero-order valence-electron chi connectivity index (χ0n) is 26.7. The van der Waals surface area contributed by atoms with Crippen LogP contribution in [0.2, 0.25) is 0 Å². The Morgan fingerprint density at radius 1 is 1.04 bits per heavy atom. The number of pyridine rings is 1. The number of ether oxygens (including phenoxy) is 1. The number of nitrogens with zero attached hydrogens (tertiary/aromatic N) is 5. The summed E-state index contributed by atoms with van der Waals surface area (Å²) in [6, 6.07) is 9.85. The van der Waals surface area contributed by atoms with Crippen molar-refractivity contribution in [1.82, 2.24) is 25.2 Å². The molecule has 2 aliphatic rings. The number of aromatic nitrogens is 3. The van der Waals surface area contributed by atoms with Gasteiger partial charge in [0.15, 0.2) is 0 Å². The molecule has 0 unspecified atom stereocenters. The molecule has 0 atom stereocenters. The van der Waals surface area contributed by atoms with Crippen molar-refractivity contribution in [2.24, 2.45) is 0 Å². The second kappa shape index (κ2) is 13.8. The van der Waals surface area contributed by atoms with Gasteiger partial charge in [-0.05, 0) is 78.4 Å². The number of halogens is 2. The first-order valence-corrected chi connectivity index (χ1v) is 19.1. The van der Waals surface area contributed by atoms with E-state index in [1.54, 1.807) is 38.8 Å². The van der Waals surface area contributed by atoms with Crippen molar-refractivity contribution in [3.05, 3.63) is 58.6 Å². The Kier molecular flexibility index (Phi) is 9.80. The molecule has 3 N–H and O–H groups in total. The third-order valence-electron chi connectivity index (χ3n) is 8.84. The Bertz CT molecular complexity index is 1770. The summed E-state index contributed by atoms with van der Waals surface area (Å²) in [5.41, 5.74) is 4.34. The highest BCUT2D eigenvalue weighted by molar-refractivity contribution is 9.10. The van der Waals surface area contributed by atoms with E-state index in [4.69, 9.17) is 9.72 Å². The number of rotatable bonds is 9. The van der Waals surface area contributed by atoms with Gasteiger partial charge in [0.05, 0.1) is 34.7 Å². The third kappa shape index (κ3) is 7.00. The number of benzene rings is 2. The quantitative estimate of drug-likeness (QED) is 0.176. The Hall–Kier alpha value is -3.31. The average molecular weight is 712 g/mol. The number of aryl methyl sites for hydroxylation is 1. The molecule has 2 aromatic carbocycles. The van der Waals surface area contributed by atoms with Crippen LogP contribution in [0.1, 0.15) is 25.3 Å². The van der Waals surface area contributed by atoms with E-state index in [2.05, 4.69) is 70.7 Å². The van der Waals surface area contributed by atoms with Crippen LogP contribution in [0, 0.1) is 5.82 Å². The molecule has 0 spiro atoms. The first-order chi connectivity index (χ1) is 22.1. The number of nitrogens with one attached hydrogen (secondary N) is 3. The van der Waals surface area contributed by atoms with Crippen LogP contribution in [0.4, 0.5) is 33.2 Å². The van der Waals surface area contributed by atoms with E-state index in [-0.39, 0.29) is 0 Å². The molecular weight excluding hydrogens is 670 g/mol. The highest BCUT2D eigenvalue weighted by Crippen LogP contribution is 2.42. The van der Waals surface area contributed by atoms with Gasteiger partial charge in [-0.2, -0.15) is 4.98 Å². The maximum atomic E-state index is 14.2. The normalized spacial score (nSPS) is 16.5. The van der Waals surface area contributed by atoms with Crippen LogP contribution in [0.5, 0.6) is 5.75 Å². The van der Waals surface area contributed by atoms with Crippen molar-refractivity contribution >= 4 is 68.1 Å². The minimum atomic E-state index is -2.86. The van der Waals surface area contributed by atoms with Crippen LogP contribution < -0.4 is 30.9 Å². The molecule has 0 bridgehead atoms. The first kappa shape index (κ1) is 32.6. The lowest BCUT2D eigenvalue weighted by atomic mass is 9.99. The SMILES string of the molecule is CCc1cc(Nc2ncc(Br)c(Nc3ccc4ncc(F)cc4c3P(C)(C)=O)n2)c(OC)cc1N1CCC(N2CCNCC2)CC1. The van der Waals surface area contributed by atoms with Crippen molar-refractivity contribution in [2.75, 3.05) is 75.2 Å². The van der Waals surface area contributed by atoms with E-state index in [0.29, 0.717) is 49.9 Å². The van der Waals surface area contributed by atoms with Crippen LogP contribution in [0.15, 0.2) is 47.2 Å². The second-order valence-corrected chi connectivity index (χ2v) is 16.2. The topological polar surface area (TPSA) is 108 Å². The van der Waals surface area contributed by atoms with Gasteiger partial charge in [-0.15, -0.1) is 0 Å². The summed E-state index contributed by atoms with van der Waals surface area (Å²) in [7, 11) is -1.18. The Morgan fingerprint density at radius 2 is 1.80 bits per heavy atom. The molecule has 2 aromatic heterocycles. The van der Waals surface area contributed by atoms with Gasteiger partial charge in [-0.25, -0.2) is 9.37 Å². The molecule has 2 fully saturated rings. The number of piperazine rings is 1. The van der Waals surface area contributed by atoms with Gasteiger partial charge in [-0.1, -0.05) is 6.92 Å². The lowest BCUT2D eigenvalue weighted by Gasteiger charge is -2.41. The zero-order valence-corrected chi connectivity index (χ0v) is 29.2. The number of fused-ring (bicyclic) bond motifs is 1. The van der Waals surface area contributed by atoms with Gasteiger partial charge in [0.1, 0.15) is 24.5 Å². The fraction of sp³-hybridized carbons (Fsp3) is 0.424. The van der Waals surface area contributed by atoms with E-state index in [9.17, 15) is 8.96 Å². The van der Waals surface area contributed by atoms with Crippen molar-refractivity contribution in [2.45, 2.75) is 32.2 Å². The van der Waals surface area contributed by atoms with E-state index < -0.39 is 13.0 Å². The molecule has 0 amide bonds. The van der Waals surface area contributed by atoms with Gasteiger partial charge < -0.3 is 30.2 Å². The van der Waals surface area contributed by atoms with Crippen molar-refractivity contribution in [3.63, 3.8) is 0 Å². The molecule has 0 saturated carbocycles. The fourth-order valence-electron chi connectivity index (χ4n) is 6.58. The van der Waals surface area contributed by atoms with Crippen LogP contribution >= 0.6 is 23.1 Å². The van der Waals surface area contributed by atoms with E-state index >= 15 is 0 Å². The second-order valence-electron chi connectivity index (χ2n) is 12.2. The first-order valence-electron chi connectivity index (χ1n) is 15.8. The minimum absolute atomic E-state index is 0.363. The third-order valence-corrected chi connectivity index (χ3v) is 11.0. The van der Waals surface area contributed by atoms with E-state index in [0.717, 1.165) is 70.4 Å². The maximum absolute atomic E-state index is 14.2. The standard InChI is InChI=1S/C33H41BrFN8O2P/c1-5-21-16-28(30(45-2)18-29(21)43-12-8-23(9-13-43)42-14-10-36-11-15-42)40-33-38-20-25(34)32(41-33)39-27-7-6-26-24(17-22(35)19-37-26)31(27)46(3,4)44/h6-7,16-20,23,36H,5,8-15H2,1-4H3,(H2,38,39,40,41). The van der Waals surface area contributed by atoms with E-state index in [1.165, 1.54) is 17.3 Å². The minimum Gasteiger partial charge on any atom is -0.494 e. The summed E-state index contributed by atoms with van der Waals surface area (Å²) < 4.78 is 34.1. The number of anilines is 5. The van der Waals surface area contributed by atoms with E-state index in [1.807, 2.05) is 0 Å². The zero-order chi connectivity index (χ0) is 32.4.